The van der Waals surface area contributed by atoms with Crippen molar-refractivity contribution >= 4 is 11.6 Å². The minimum Gasteiger partial charge on any atom is -0.462 e. The molecule has 1 fully saturated rings. The van der Waals surface area contributed by atoms with Crippen LogP contribution in [0.3, 0.4) is 0 Å². The number of aliphatic hydroxyl groups is 4. The zero-order chi connectivity index (χ0) is 14.0. The van der Waals surface area contributed by atoms with E-state index in [4.69, 9.17) is 26.2 Å². The van der Waals surface area contributed by atoms with Gasteiger partial charge in [-0.3, -0.25) is 0 Å². The van der Waals surface area contributed by atoms with Gasteiger partial charge in [0.25, 0.3) is 0 Å². The molecule has 1 aliphatic rings. The van der Waals surface area contributed by atoms with Crippen LogP contribution in [-0.2, 0) is 4.74 Å². The monoisotopic (exact) mass is 290 g/mol. The largest absolute Gasteiger partial charge is 0.462 e. The van der Waals surface area contributed by atoms with Crippen molar-refractivity contribution in [2.75, 3.05) is 6.61 Å². The fourth-order valence-corrected chi connectivity index (χ4v) is 2.02. The number of ether oxygens (including phenoxy) is 2. The molecule has 0 aromatic heterocycles. The molecule has 4 N–H and O–H groups in total. The third-order valence-electron chi connectivity index (χ3n) is 2.90. The predicted octanol–water partition coefficient (Wildman–Crippen LogP) is -0.481. The van der Waals surface area contributed by atoms with Crippen molar-refractivity contribution in [2.45, 2.75) is 30.7 Å². The Hall–Kier alpha value is -0.890. The smallest absolute Gasteiger partial charge is 0.229 e. The van der Waals surface area contributed by atoms with Crippen LogP contribution in [0, 0.1) is 0 Å². The Labute approximate surface area is 114 Å². The highest BCUT2D eigenvalue weighted by Crippen LogP contribution is 2.25. The van der Waals surface area contributed by atoms with Crippen molar-refractivity contribution in [3.8, 4) is 5.75 Å². The first-order valence-corrected chi connectivity index (χ1v) is 6.13. The highest BCUT2D eigenvalue weighted by Gasteiger charge is 2.44. The molecule has 106 valence electrons. The maximum atomic E-state index is 9.78. The number of aliphatic hydroxyl groups excluding tert-OH is 4. The lowest BCUT2D eigenvalue weighted by Crippen LogP contribution is -2.60. The fourth-order valence-electron chi connectivity index (χ4n) is 1.84. The molecule has 0 unspecified atom stereocenters. The predicted molar refractivity (Wildman–Crippen MR) is 65.8 cm³/mol. The second-order valence-electron chi connectivity index (χ2n) is 4.27. The molecule has 2 rings (SSSR count). The summed E-state index contributed by atoms with van der Waals surface area (Å²) in [6, 6.07) is 6.43. The quantitative estimate of drug-likeness (QED) is 0.600. The minimum atomic E-state index is -1.46. The summed E-state index contributed by atoms with van der Waals surface area (Å²) in [6.45, 7) is -0.500. The molecule has 1 heterocycles. The average molecular weight is 291 g/mol. The molecule has 19 heavy (non-hydrogen) atoms. The Bertz CT molecular complexity index is 426. The van der Waals surface area contributed by atoms with Gasteiger partial charge in [-0.25, -0.2) is 0 Å². The Balaban J connectivity index is 2.10. The zero-order valence-corrected chi connectivity index (χ0v) is 10.6. The maximum absolute atomic E-state index is 9.78. The van der Waals surface area contributed by atoms with E-state index in [-0.39, 0.29) is 0 Å². The number of benzene rings is 1. The van der Waals surface area contributed by atoms with E-state index in [0.717, 1.165) is 0 Å². The molecule has 0 aliphatic carbocycles. The number of hydrogen-bond donors (Lipinski definition) is 4. The van der Waals surface area contributed by atoms with Gasteiger partial charge in [-0.05, 0) is 18.2 Å². The topological polar surface area (TPSA) is 99.4 Å². The molecule has 0 spiro atoms. The Morgan fingerprint density at radius 3 is 2.53 bits per heavy atom. The lowest BCUT2D eigenvalue weighted by atomic mass is 9.99. The minimum absolute atomic E-state index is 0.344. The van der Waals surface area contributed by atoms with Crippen LogP contribution in [0.25, 0.3) is 0 Å². The van der Waals surface area contributed by atoms with Crippen LogP contribution in [0.4, 0.5) is 0 Å². The summed E-state index contributed by atoms with van der Waals surface area (Å²) in [7, 11) is 0. The molecule has 5 atom stereocenters. The Kier molecular flexibility index (Phi) is 4.62. The van der Waals surface area contributed by atoms with E-state index in [1.54, 1.807) is 18.2 Å². The molecule has 0 amide bonds. The first-order chi connectivity index (χ1) is 9.02. The molecule has 1 saturated heterocycles. The SMILES string of the molecule is OC[C@@H]1O[C@H](Oc2cccc(Cl)c2)[C@@H](O)[C@@H](O)[C@H]1O. The summed E-state index contributed by atoms with van der Waals surface area (Å²) in [4.78, 5) is 0. The van der Waals surface area contributed by atoms with E-state index in [1.807, 2.05) is 0 Å². The lowest BCUT2D eigenvalue weighted by molar-refractivity contribution is -0.277. The van der Waals surface area contributed by atoms with E-state index < -0.39 is 37.3 Å². The van der Waals surface area contributed by atoms with Crippen LogP contribution in [0.1, 0.15) is 0 Å². The van der Waals surface area contributed by atoms with Gasteiger partial charge in [-0.2, -0.15) is 0 Å². The van der Waals surface area contributed by atoms with Crippen molar-refractivity contribution in [3.63, 3.8) is 0 Å². The van der Waals surface area contributed by atoms with Gasteiger partial charge in [-0.1, -0.05) is 17.7 Å². The molecule has 1 aromatic rings. The van der Waals surface area contributed by atoms with Gasteiger partial charge in [-0.15, -0.1) is 0 Å². The van der Waals surface area contributed by atoms with Gasteiger partial charge in [0, 0.05) is 5.02 Å². The normalized spacial score (nSPS) is 35.1. The van der Waals surface area contributed by atoms with E-state index in [0.29, 0.717) is 10.8 Å². The Morgan fingerprint density at radius 1 is 1.16 bits per heavy atom. The van der Waals surface area contributed by atoms with Crippen molar-refractivity contribution < 1.29 is 29.9 Å². The van der Waals surface area contributed by atoms with Crippen LogP contribution in [0.5, 0.6) is 5.75 Å². The molecule has 0 saturated carbocycles. The maximum Gasteiger partial charge on any atom is 0.229 e. The summed E-state index contributed by atoms with van der Waals surface area (Å²) in [5.74, 6) is 0.344. The van der Waals surface area contributed by atoms with Crippen LogP contribution < -0.4 is 4.74 Å². The lowest BCUT2D eigenvalue weighted by Gasteiger charge is -2.39. The van der Waals surface area contributed by atoms with Gasteiger partial charge in [0.2, 0.25) is 6.29 Å². The standard InChI is InChI=1S/C12H15ClO6/c13-6-2-1-3-7(4-6)18-12-11(17)10(16)9(15)8(5-14)19-12/h1-4,8-12,14-17H,5H2/t8-,9-,10-,11-,12-/m0/s1. The second kappa shape index (κ2) is 6.04. The summed E-state index contributed by atoms with van der Waals surface area (Å²) >= 11 is 5.79. The first kappa shape index (κ1) is 14.5. The fraction of sp³-hybridized carbons (Fsp3) is 0.500. The van der Waals surface area contributed by atoms with Crippen molar-refractivity contribution in [3.05, 3.63) is 29.3 Å². The van der Waals surface area contributed by atoms with E-state index in [9.17, 15) is 15.3 Å². The summed E-state index contributed by atoms with van der Waals surface area (Å²) in [5, 5.41) is 38.5. The molecule has 7 heteroatoms. The van der Waals surface area contributed by atoms with Crippen LogP contribution in [0.2, 0.25) is 5.02 Å². The highest BCUT2D eigenvalue weighted by molar-refractivity contribution is 6.30. The van der Waals surface area contributed by atoms with E-state index >= 15 is 0 Å². The second-order valence-corrected chi connectivity index (χ2v) is 4.71. The van der Waals surface area contributed by atoms with Crippen molar-refractivity contribution in [1.82, 2.24) is 0 Å². The summed E-state index contributed by atoms with van der Waals surface area (Å²) < 4.78 is 10.6. The summed E-state index contributed by atoms with van der Waals surface area (Å²) in [6.07, 6.45) is -6.50. The first-order valence-electron chi connectivity index (χ1n) is 5.75. The van der Waals surface area contributed by atoms with Crippen LogP contribution in [0.15, 0.2) is 24.3 Å². The Morgan fingerprint density at radius 2 is 1.89 bits per heavy atom. The molecular weight excluding hydrogens is 276 g/mol. The third kappa shape index (κ3) is 3.17. The molecule has 0 bridgehead atoms. The van der Waals surface area contributed by atoms with Crippen molar-refractivity contribution in [2.24, 2.45) is 0 Å². The number of halogens is 1. The van der Waals surface area contributed by atoms with E-state index in [1.165, 1.54) is 6.07 Å². The molecule has 1 aromatic carbocycles. The van der Waals surface area contributed by atoms with E-state index in [2.05, 4.69) is 0 Å². The molecule has 0 radical (unpaired) electrons. The average Bonchev–Trinajstić information content (AvgIpc) is 2.39. The van der Waals surface area contributed by atoms with Crippen molar-refractivity contribution in [1.29, 1.82) is 0 Å². The van der Waals surface area contributed by atoms with Gasteiger partial charge in [0.1, 0.15) is 30.2 Å². The van der Waals surface area contributed by atoms with Gasteiger partial charge < -0.3 is 29.9 Å². The molecular formula is C12H15ClO6. The van der Waals surface area contributed by atoms with Gasteiger partial charge in [0.05, 0.1) is 6.61 Å². The molecule has 6 nitrogen and oxygen atoms in total. The van der Waals surface area contributed by atoms with Gasteiger partial charge >= 0.3 is 0 Å². The highest BCUT2D eigenvalue weighted by atomic mass is 35.5. The van der Waals surface area contributed by atoms with Crippen LogP contribution in [-0.4, -0.2) is 57.7 Å². The van der Waals surface area contributed by atoms with Gasteiger partial charge in [0.15, 0.2) is 0 Å². The van der Waals surface area contributed by atoms with Crippen LogP contribution >= 0.6 is 11.6 Å². The number of rotatable bonds is 3. The molecule has 1 aliphatic heterocycles. The number of hydrogen-bond acceptors (Lipinski definition) is 6. The zero-order valence-electron chi connectivity index (χ0n) is 9.89. The third-order valence-corrected chi connectivity index (χ3v) is 3.13. The summed E-state index contributed by atoms with van der Waals surface area (Å²) in [5.41, 5.74) is 0.